The third-order valence-corrected chi connectivity index (χ3v) is 5.38. The van der Waals surface area contributed by atoms with Crippen molar-refractivity contribution in [2.75, 3.05) is 18.4 Å². The lowest BCUT2D eigenvalue weighted by atomic mass is 10.0. The summed E-state index contributed by atoms with van der Waals surface area (Å²) in [5.74, 6) is 0. The quantitative estimate of drug-likeness (QED) is 0.648. The Morgan fingerprint density at radius 1 is 1.00 bits per heavy atom. The van der Waals surface area contributed by atoms with Gasteiger partial charge in [0, 0.05) is 22.3 Å². The van der Waals surface area contributed by atoms with Gasteiger partial charge in [0.25, 0.3) is 0 Å². The van der Waals surface area contributed by atoms with Crippen LogP contribution in [0, 0.1) is 0 Å². The second kappa shape index (κ2) is 9.32. The van der Waals surface area contributed by atoms with Crippen LogP contribution in [0.25, 0.3) is 0 Å². The van der Waals surface area contributed by atoms with E-state index in [1.54, 1.807) is 4.90 Å². The molecule has 1 fully saturated rings. The summed E-state index contributed by atoms with van der Waals surface area (Å²) in [4.78, 5) is 1.70. The van der Waals surface area contributed by atoms with Crippen molar-refractivity contribution in [3.05, 3.63) is 64.1 Å². The van der Waals surface area contributed by atoms with Crippen LogP contribution in [0.1, 0.15) is 30.4 Å². The van der Waals surface area contributed by atoms with Crippen molar-refractivity contribution in [3.8, 4) is 0 Å². The molecular weight excluding hydrogens is 394 g/mol. The number of quaternary nitrogens is 1. The average molecular weight is 419 g/mol. The molecule has 2 aromatic carbocycles. The van der Waals surface area contributed by atoms with Crippen LogP contribution < -0.4 is 15.5 Å². The van der Waals surface area contributed by atoms with Gasteiger partial charge < -0.3 is 15.5 Å². The third-order valence-electron chi connectivity index (χ3n) is 4.64. The highest BCUT2D eigenvalue weighted by atomic mass is 79.9. The molecule has 0 radical (unpaired) electrons. The maximum Gasteiger partial charge on any atom is 0.171 e. The molecule has 0 unspecified atom stereocenters. The summed E-state index contributed by atoms with van der Waals surface area (Å²) in [5, 5.41) is 7.23. The molecule has 0 saturated carbocycles. The molecule has 0 spiro atoms. The summed E-state index contributed by atoms with van der Waals surface area (Å²) in [6, 6.07) is 16.7. The lowest BCUT2D eigenvalue weighted by Gasteiger charge is -2.24. The largest absolute Gasteiger partial charge is 0.358 e. The molecule has 1 saturated heterocycles. The molecule has 3 nitrogen and oxygen atoms in total. The number of likely N-dealkylation sites (tertiary alicyclic amines) is 1. The van der Waals surface area contributed by atoms with Crippen molar-refractivity contribution >= 4 is 38.9 Å². The number of benzene rings is 2. The highest BCUT2D eigenvalue weighted by Crippen LogP contribution is 2.15. The van der Waals surface area contributed by atoms with Crippen LogP contribution in [0.3, 0.4) is 0 Å². The highest BCUT2D eigenvalue weighted by molar-refractivity contribution is 9.10. The van der Waals surface area contributed by atoms with Crippen LogP contribution in [0.15, 0.2) is 53.0 Å². The fourth-order valence-corrected chi connectivity index (χ4v) is 3.91. The Kier molecular flexibility index (Phi) is 6.84. The van der Waals surface area contributed by atoms with Gasteiger partial charge in [-0.25, -0.2) is 0 Å². The Morgan fingerprint density at radius 3 is 2.52 bits per heavy atom. The summed E-state index contributed by atoms with van der Waals surface area (Å²) in [5.41, 5.74) is 3.74. The molecule has 0 aliphatic carbocycles. The molecule has 0 aromatic heterocycles. The van der Waals surface area contributed by atoms with Gasteiger partial charge in [-0.15, -0.1) is 0 Å². The van der Waals surface area contributed by atoms with Crippen molar-refractivity contribution < 1.29 is 4.90 Å². The minimum absolute atomic E-state index is 0.651. The normalized spacial score (nSPS) is 14.9. The predicted octanol–water partition coefficient (Wildman–Crippen LogP) is 3.50. The SMILES string of the molecule is S=C(NCc1ccccc1C[NH+]1CCCCC1)Nc1cccc(Br)c1. The van der Waals surface area contributed by atoms with Crippen molar-refractivity contribution in [2.45, 2.75) is 32.4 Å². The Morgan fingerprint density at radius 2 is 1.76 bits per heavy atom. The zero-order chi connectivity index (χ0) is 17.5. The smallest absolute Gasteiger partial charge is 0.171 e. The number of hydrogen-bond acceptors (Lipinski definition) is 1. The number of halogens is 1. The second-order valence-electron chi connectivity index (χ2n) is 6.57. The van der Waals surface area contributed by atoms with Gasteiger partial charge in [-0.1, -0.05) is 46.3 Å². The molecule has 132 valence electrons. The Labute approximate surface area is 163 Å². The second-order valence-corrected chi connectivity index (χ2v) is 7.90. The van der Waals surface area contributed by atoms with Crippen molar-refractivity contribution in [1.29, 1.82) is 0 Å². The van der Waals surface area contributed by atoms with Crippen LogP contribution in [-0.2, 0) is 13.1 Å². The molecule has 2 aromatic rings. The summed E-state index contributed by atoms with van der Waals surface area (Å²) in [6.07, 6.45) is 4.11. The van der Waals surface area contributed by atoms with Crippen LogP contribution in [0.4, 0.5) is 5.69 Å². The van der Waals surface area contributed by atoms with E-state index in [-0.39, 0.29) is 0 Å². The van der Waals surface area contributed by atoms with E-state index >= 15 is 0 Å². The lowest BCUT2D eigenvalue weighted by molar-refractivity contribution is -0.918. The average Bonchev–Trinajstić information content (AvgIpc) is 2.62. The summed E-state index contributed by atoms with van der Waals surface area (Å²) < 4.78 is 1.04. The molecule has 3 rings (SSSR count). The van der Waals surface area contributed by atoms with E-state index < -0.39 is 0 Å². The van der Waals surface area contributed by atoms with Crippen molar-refractivity contribution in [3.63, 3.8) is 0 Å². The first-order chi connectivity index (χ1) is 12.2. The predicted molar refractivity (Wildman–Crippen MR) is 112 cm³/mol. The maximum atomic E-state index is 5.44. The number of piperidine rings is 1. The van der Waals surface area contributed by atoms with E-state index in [1.807, 2.05) is 24.3 Å². The van der Waals surface area contributed by atoms with E-state index in [9.17, 15) is 0 Å². The number of hydrogen-bond donors (Lipinski definition) is 3. The number of rotatable bonds is 5. The summed E-state index contributed by atoms with van der Waals surface area (Å²) in [6.45, 7) is 4.46. The van der Waals surface area contributed by atoms with Crippen molar-refractivity contribution in [1.82, 2.24) is 5.32 Å². The van der Waals surface area contributed by atoms with Gasteiger partial charge in [-0.3, -0.25) is 0 Å². The Balaban J connectivity index is 1.56. The van der Waals surface area contributed by atoms with E-state index in [2.05, 4.69) is 50.8 Å². The van der Waals surface area contributed by atoms with Gasteiger partial charge in [-0.05, 0) is 55.2 Å². The number of anilines is 1. The van der Waals surface area contributed by atoms with E-state index in [0.29, 0.717) is 5.11 Å². The van der Waals surface area contributed by atoms with Crippen LogP contribution in [-0.4, -0.2) is 18.2 Å². The summed E-state index contributed by atoms with van der Waals surface area (Å²) >= 11 is 8.92. The molecule has 5 heteroatoms. The van der Waals surface area contributed by atoms with Gasteiger partial charge >= 0.3 is 0 Å². The maximum absolute atomic E-state index is 5.44. The molecule has 25 heavy (non-hydrogen) atoms. The standard InChI is InChI=1S/C20H24BrN3S/c21-18-9-6-10-19(13-18)23-20(25)22-14-16-7-2-3-8-17(16)15-24-11-4-1-5-12-24/h2-3,6-10,13H,1,4-5,11-12,14-15H2,(H2,22,23,25)/p+1. The van der Waals surface area contributed by atoms with Gasteiger partial charge in [0.05, 0.1) is 13.1 Å². The van der Waals surface area contributed by atoms with E-state index in [4.69, 9.17) is 12.2 Å². The Hall–Kier alpha value is -1.43. The van der Waals surface area contributed by atoms with Gasteiger partial charge in [0.1, 0.15) is 6.54 Å². The third kappa shape index (κ3) is 5.80. The fourth-order valence-electron chi connectivity index (χ4n) is 3.32. The monoisotopic (exact) mass is 418 g/mol. The first kappa shape index (κ1) is 18.4. The minimum Gasteiger partial charge on any atom is -0.358 e. The van der Waals surface area contributed by atoms with Gasteiger partial charge in [0.2, 0.25) is 0 Å². The van der Waals surface area contributed by atoms with Crippen LogP contribution in [0.2, 0.25) is 0 Å². The first-order valence-corrected chi connectivity index (χ1v) is 10.1. The van der Waals surface area contributed by atoms with E-state index in [1.165, 1.54) is 43.5 Å². The molecule has 1 heterocycles. The van der Waals surface area contributed by atoms with Gasteiger partial charge in [0.15, 0.2) is 5.11 Å². The topological polar surface area (TPSA) is 28.5 Å². The molecule has 0 amide bonds. The number of thiocarbonyl (C=S) groups is 1. The lowest BCUT2D eigenvalue weighted by Crippen LogP contribution is -3.11. The molecule has 1 aliphatic rings. The van der Waals surface area contributed by atoms with E-state index in [0.717, 1.165) is 23.2 Å². The number of nitrogens with one attached hydrogen (secondary N) is 3. The molecule has 0 atom stereocenters. The zero-order valence-corrected chi connectivity index (χ0v) is 16.8. The van der Waals surface area contributed by atoms with Crippen LogP contribution in [0.5, 0.6) is 0 Å². The molecule has 1 aliphatic heterocycles. The van der Waals surface area contributed by atoms with Gasteiger partial charge in [-0.2, -0.15) is 0 Å². The minimum atomic E-state index is 0.651. The molecular formula is C20H25BrN3S+. The fraction of sp³-hybridized carbons (Fsp3) is 0.350. The molecule has 0 bridgehead atoms. The Bertz CT molecular complexity index is 714. The first-order valence-electron chi connectivity index (χ1n) is 8.91. The molecule has 3 N–H and O–H groups in total. The summed E-state index contributed by atoms with van der Waals surface area (Å²) in [7, 11) is 0. The highest BCUT2D eigenvalue weighted by Gasteiger charge is 2.15. The van der Waals surface area contributed by atoms with Crippen molar-refractivity contribution in [2.24, 2.45) is 0 Å². The van der Waals surface area contributed by atoms with Crippen LogP contribution >= 0.6 is 28.1 Å². The zero-order valence-electron chi connectivity index (χ0n) is 14.4.